The number of ether oxygens (including phenoxy) is 3. The van der Waals surface area contributed by atoms with Crippen molar-refractivity contribution >= 4 is 5.97 Å². The van der Waals surface area contributed by atoms with Crippen LogP contribution in [0.4, 0.5) is 13.2 Å². The molecule has 11 heteroatoms. The summed E-state index contributed by atoms with van der Waals surface area (Å²) < 4.78 is 55.6. The average molecular weight is 404 g/mol. The van der Waals surface area contributed by atoms with Gasteiger partial charge in [-0.15, -0.1) is 6.42 Å². The van der Waals surface area contributed by atoms with E-state index in [0.29, 0.717) is 17.2 Å². The van der Waals surface area contributed by atoms with Crippen molar-refractivity contribution in [3.63, 3.8) is 0 Å². The summed E-state index contributed by atoms with van der Waals surface area (Å²) in [5.41, 5.74) is -4.14. The molecular formula is C17H19F3N2O6. The number of aromatic nitrogens is 2. The predicted octanol–water partition coefficient (Wildman–Crippen LogP) is 1.20. The Labute approximate surface area is 157 Å². The van der Waals surface area contributed by atoms with Crippen LogP contribution in [0.2, 0.25) is 0 Å². The fourth-order valence-corrected chi connectivity index (χ4v) is 2.70. The molecule has 1 aromatic heterocycles. The van der Waals surface area contributed by atoms with E-state index < -0.39 is 47.4 Å². The van der Waals surface area contributed by atoms with Crippen LogP contribution >= 0.6 is 0 Å². The second-order valence-corrected chi connectivity index (χ2v) is 6.06. The molecule has 2 rings (SSSR count). The van der Waals surface area contributed by atoms with Gasteiger partial charge in [-0.25, -0.2) is 4.79 Å². The lowest BCUT2D eigenvalue weighted by Gasteiger charge is -2.18. The standard InChI is InChI=1S/C17H19F3N2O6/c1-3-5-14(23)27-9-12-11(26-6-4-2)7-13(28-12)22-8-10(17(18,19)20)15(24)21-16(22)25/h2,8,11-13H,3,5-7,9H2,1H3,(H,21,24,25)/t11-,12+,13+/m0/s1. The molecule has 0 radical (unpaired) electrons. The molecule has 3 atom stereocenters. The Bertz CT molecular complexity index is 854. The van der Waals surface area contributed by atoms with E-state index in [4.69, 9.17) is 20.6 Å². The fourth-order valence-electron chi connectivity index (χ4n) is 2.70. The summed E-state index contributed by atoms with van der Waals surface area (Å²) in [6, 6.07) is 0. The van der Waals surface area contributed by atoms with Crippen LogP contribution in [0.1, 0.15) is 38.0 Å². The SMILES string of the molecule is C#CCO[C@H]1C[C@H](n2cc(C(F)(F)F)c(=O)[nH]c2=O)O[C@@H]1COC(=O)CCC. The summed E-state index contributed by atoms with van der Waals surface area (Å²) in [6.07, 6.45) is -1.38. The zero-order valence-electron chi connectivity index (χ0n) is 15.0. The summed E-state index contributed by atoms with van der Waals surface area (Å²) in [5.74, 6) is 1.79. The van der Waals surface area contributed by atoms with Crippen LogP contribution in [0.25, 0.3) is 0 Å². The highest BCUT2D eigenvalue weighted by Gasteiger charge is 2.40. The molecule has 1 saturated heterocycles. The second kappa shape index (κ2) is 9.07. The minimum atomic E-state index is -4.95. The van der Waals surface area contributed by atoms with Gasteiger partial charge in [-0.05, 0) is 6.42 Å². The van der Waals surface area contributed by atoms with Gasteiger partial charge >= 0.3 is 17.8 Å². The number of hydrogen-bond acceptors (Lipinski definition) is 6. The normalized spacial score (nSPS) is 22.0. The quantitative estimate of drug-likeness (QED) is 0.542. The maximum Gasteiger partial charge on any atom is 0.423 e. The minimum absolute atomic E-state index is 0.0269. The zero-order chi connectivity index (χ0) is 20.9. The van der Waals surface area contributed by atoms with Gasteiger partial charge in [0.2, 0.25) is 0 Å². The topological polar surface area (TPSA) is 99.6 Å². The van der Waals surface area contributed by atoms with Crippen molar-refractivity contribution in [1.29, 1.82) is 0 Å². The molecule has 28 heavy (non-hydrogen) atoms. The van der Waals surface area contributed by atoms with Gasteiger partial charge in [0.1, 0.15) is 31.1 Å². The third-order valence-electron chi connectivity index (χ3n) is 4.01. The number of esters is 1. The molecule has 0 bridgehead atoms. The van der Waals surface area contributed by atoms with Crippen LogP contribution in [0.5, 0.6) is 0 Å². The van der Waals surface area contributed by atoms with E-state index in [2.05, 4.69) is 5.92 Å². The molecule has 1 aromatic rings. The highest BCUT2D eigenvalue weighted by Crippen LogP contribution is 2.32. The molecule has 1 aliphatic heterocycles. The van der Waals surface area contributed by atoms with E-state index in [1.54, 1.807) is 11.9 Å². The van der Waals surface area contributed by atoms with E-state index in [-0.39, 0.29) is 26.1 Å². The van der Waals surface area contributed by atoms with Crippen LogP contribution in [0.3, 0.4) is 0 Å². The van der Waals surface area contributed by atoms with E-state index in [9.17, 15) is 27.6 Å². The smallest absolute Gasteiger partial charge is 0.423 e. The van der Waals surface area contributed by atoms with E-state index >= 15 is 0 Å². The largest absolute Gasteiger partial charge is 0.463 e. The molecule has 1 N–H and O–H groups in total. The molecule has 1 aliphatic rings. The number of H-pyrrole nitrogens is 1. The Kier molecular flexibility index (Phi) is 7.04. The first kappa shape index (κ1) is 21.7. The lowest BCUT2D eigenvalue weighted by molar-refractivity contribution is -0.151. The Morgan fingerprint density at radius 1 is 1.46 bits per heavy atom. The Morgan fingerprint density at radius 3 is 2.79 bits per heavy atom. The van der Waals surface area contributed by atoms with Gasteiger partial charge < -0.3 is 14.2 Å². The monoisotopic (exact) mass is 404 g/mol. The van der Waals surface area contributed by atoms with Crippen molar-refractivity contribution in [1.82, 2.24) is 9.55 Å². The van der Waals surface area contributed by atoms with Crippen LogP contribution in [0.15, 0.2) is 15.8 Å². The van der Waals surface area contributed by atoms with Gasteiger partial charge in [0, 0.05) is 19.0 Å². The van der Waals surface area contributed by atoms with Gasteiger partial charge in [-0.3, -0.25) is 19.1 Å². The summed E-state index contributed by atoms with van der Waals surface area (Å²) in [4.78, 5) is 36.6. The first-order valence-electron chi connectivity index (χ1n) is 8.46. The predicted molar refractivity (Wildman–Crippen MR) is 89.3 cm³/mol. The number of carbonyl (C=O) groups is 1. The summed E-state index contributed by atoms with van der Waals surface area (Å²) in [5, 5.41) is 0. The Balaban J connectivity index is 2.24. The van der Waals surface area contributed by atoms with Crippen LogP contribution in [-0.2, 0) is 25.2 Å². The number of terminal acetylenes is 1. The number of alkyl halides is 3. The molecular weight excluding hydrogens is 385 g/mol. The first-order valence-corrected chi connectivity index (χ1v) is 8.46. The number of nitrogens with one attached hydrogen (secondary N) is 1. The summed E-state index contributed by atoms with van der Waals surface area (Å²) in [7, 11) is 0. The van der Waals surface area contributed by atoms with Gasteiger partial charge in [-0.2, -0.15) is 13.2 Å². The van der Waals surface area contributed by atoms with E-state index in [1.165, 1.54) is 0 Å². The minimum Gasteiger partial charge on any atom is -0.463 e. The number of aromatic amines is 1. The first-order chi connectivity index (χ1) is 13.2. The maximum atomic E-state index is 13.0. The molecule has 0 spiro atoms. The molecule has 0 saturated carbocycles. The van der Waals surface area contributed by atoms with E-state index in [0.717, 1.165) is 0 Å². The van der Waals surface area contributed by atoms with Crippen molar-refractivity contribution < 1.29 is 32.2 Å². The van der Waals surface area contributed by atoms with Crippen molar-refractivity contribution in [3.8, 4) is 12.3 Å². The average Bonchev–Trinajstić information content (AvgIpc) is 3.00. The number of rotatable bonds is 7. The highest BCUT2D eigenvalue weighted by atomic mass is 19.4. The maximum absolute atomic E-state index is 13.0. The van der Waals surface area contributed by atoms with Crippen molar-refractivity contribution in [2.75, 3.05) is 13.2 Å². The second-order valence-electron chi connectivity index (χ2n) is 6.06. The van der Waals surface area contributed by atoms with Crippen LogP contribution < -0.4 is 11.2 Å². The molecule has 1 fully saturated rings. The molecule has 2 heterocycles. The van der Waals surface area contributed by atoms with Gasteiger partial charge in [0.15, 0.2) is 0 Å². The van der Waals surface area contributed by atoms with Crippen LogP contribution in [-0.4, -0.2) is 40.9 Å². The van der Waals surface area contributed by atoms with E-state index in [1.807, 2.05) is 0 Å². The van der Waals surface area contributed by atoms with Gasteiger partial charge in [0.05, 0.1) is 6.10 Å². The fraction of sp³-hybridized carbons (Fsp3) is 0.588. The Morgan fingerprint density at radius 2 is 2.18 bits per heavy atom. The van der Waals surface area contributed by atoms with Crippen molar-refractivity contribution in [2.45, 2.75) is 50.8 Å². The molecule has 154 valence electrons. The highest BCUT2D eigenvalue weighted by molar-refractivity contribution is 5.69. The number of halogens is 3. The zero-order valence-corrected chi connectivity index (χ0v) is 15.0. The molecule has 0 aromatic carbocycles. The number of hydrogen-bond donors (Lipinski definition) is 1. The van der Waals surface area contributed by atoms with Crippen LogP contribution in [0, 0.1) is 12.3 Å². The third kappa shape index (κ3) is 5.24. The van der Waals surface area contributed by atoms with Gasteiger partial charge in [-0.1, -0.05) is 12.8 Å². The Hall–Kier alpha value is -2.58. The lowest BCUT2D eigenvalue weighted by Crippen LogP contribution is -2.36. The molecule has 0 aliphatic carbocycles. The summed E-state index contributed by atoms with van der Waals surface area (Å²) >= 11 is 0. The van der Waals surface area contributed by atoms with Crippen molar-refractivity contribution in [2.24, 2.45) is 0 Å². The van der Waals surface area contributed by atoms with Gasteiger partial charge in [0.25, 0.3) is 5.56 Å². The number of nitrogens with zero attached hydrogens (tertiary/aromatic N) is 1. The molecule has 0 amide bonds. The number of carbonyl (C=O) groups excluding carboxylic acids is 1. The third-order valence-corrected chi connectivity index (χ3v) is 4.01. The lowest BCUT2D eigenvalue weighted by atomic mass is 10.2. The summed E-state index contributed by atoms with van der Waals surface area (Å²) in [6.45, 7) is 1.48. The molecule has 0 unspecified atom stereocenters. The van der Waals surface area contributed by atoms with Crippen molar-refractivity contribution in [3.05, 3.63) is 32.6 Å². The molecule has 8 nitrogen and oxygen atoms in total.